The van der Waals surface area contributed by atoms with E-state index in [-0.39, 0.29) is 23.0 Å². The molecule has 0 spiro atoms. The zero-order valence-corrected chi connectivity index (χ0v) is 23.0. The van der Waals surface area contributed by atoms with Crippen LogP contribution in [0.3, 0.4) is 0 Å². The van der Waals surface area contributed by atoms with Crippen molar-refractivity contribution < 1.29 is 9.59 Å². The first-order chi connectivity index (χ1) is 19.5. The molecular formula is C33H29N3O3S. The normalized spacial score (nSPS) is 10.9. The molecular weight excluding hydrogens is 518 g/mol. The van der Waals surface area contributed by atoms with E-state index in [0.29, 0.717) is 46.7 Å². The number of Topliss-reactive ketones (excluding diaryl/α,β-unsaturated/α-hetero) is 1. The molecule has 5 rings (SSSR count). The third kappa shape index (κ3) is 6.38. The lowest BCUT2D eigenvalue weighted by molar-refractivity contribution is 0.0785. The lowest BCUT2D eigenvalue weighted by atomic mass is 10.1. The number of fused-ring (bicyclic) bond motifs is 1. The molecule has 0 N–H and O–H groups in total. The Morgan fingerprint density at radius 2 is 1.43 bits per heavy atom. The predicted octanol–water partition coefficient (Wildman–Crippen LogP) is 5.89. The summed E-state index contributed by atoms with van der Waals surface area (Å²) in [5.41, 5.74) is 3.45. The molecule has 0 aliphatic carbocycles. The van der Waals surface area contributed by atoms with Crippen molar-refractivity contribution >= 4 is 34.4 Å². The average molecular weight is 548 g/mol. The molecule has 1 amide bonds. The number of ketones is 1. The van der Waals surface area contributed by atoms with Crippen LogP contribution in [0.15, 0.2) is 119 Å². The van der Waals surface area contributed by atoms with Gasteiger partial charge in [0.15, 0.2) is 10.9 Å². The van der Waals surface area contributed by atoms with Crippen LogP contribution in [0.1, 0.15) is 31.8 Å². The highest BCUT2D eigenvalue weighted by Gasteiger charge is 2.18. The molecule has 5 aromatic rings. The van der Waals surface area contributed by atoms with Crippen LogP contribution in [0.2, 0.25) is 0 Å². The van der Waals surface area contributed by atoms with Crippen molar-refractivity contribution in [2.24, 2.45) is 0 Å². The molecule has 40 heavy (non-hydrogen) atoms. The first kappa shape index (κ1) is 27.1. The van der Waals surface area contributed by atoms with Crippen LogP contribution in [-0.4, -0.2) is 38.9 Å². The van der Waals surface area contributed by atoms with Gasteiger partial charge in [0.2, 0.25) is 0 Å². The molecule has 0 unspecified atom stereocenters. The minimum atomic E-state index is -0.188. The fourth-order valence-electron chi connectivity index (χ4n) is 4.51. The van der Waals surface area contributed by atoms with Crippen LogP contribution in [0.5, 0.6) is 0 Å². The fraction of sp³-hybridized carbons (Fsp3) is 0.152. The minimum absolute atomic E-state index is 0.0407. The van der Waals surface area contributed by atoms with Gasteiger partial charge in [-0.1, -0.05) is 103 Å². The highest BCUT2D eigenvalue weighted by Crippen LogP contribution is 2.21. The van der Waals surface area contributed by atoms with E-state index in [1.165, 1.54) is 11.8 Å². The van der Waals surface area contributed by atoms with Crippen LogP contribution >= 0.6 is 11.8 Å². The van der Waals surface area contributed by atoms with Gasteiger partial charge < -0.3 is 4.90 Å². The number of nitrogens with zero attached hydrogens (tertiary/aromatic N) is 3. The molecule has 0 aliphatic rings. The molecule has 1 aromatic heterocycles. The highest BCUT2D eigenvalue weighted by molar-refractivity contribution is 7.99. The minimum Gasteiger partial charge on any atom is -0.337 e. The van der Waals surface area contributed by atoms with Crippen molar-refractivity contribution in [3.05, 3.63) is 142 Å². The van der Waals surface area contributed by atoms with Gasteiger partial charge >= 0.3 is 0 Å². The van der Waals surface area contributed by atoms with Gasteiger partial charge in [0.1, 0.15) is 0 Å². The average Bonchev–Trinajstić information content (AvgIpc) is 3.00. The Labute approximate surface area is 237 Å². The summed E-state index contributed by atoms with van der Waals surface area (Å²) in [5, 5.41) is 0.897. The Hall–Kier alpha value is -4.49. The van der Waals surface area contributed by atoms with E-state index in [1.54, 1.807) is 46.8 Å². The number of aryl methyl sites for hydroxylation is 1. The van der Waals surface area contributed by atoms with Gasteiger partial charge in [-0.3, -0.25) is 19.0 Å². The summed E-state index contributed by atoms with van der Waals surface area (Å²) in [5.74, 6) is -0.0542. The third-order valence-corrected chi connectivity index (χ3v) is 7.65. The number of thioether (sulfide) groups is 1. The number of hydrogen-bond acceptors (Lipinski definition) is 5. The molecule has 0 saturated heterocycles. The Kier molecular flexibility index (Phi) is 8.52. The topological polar surface area (TPSA) is 72.3 Å². The molecule has 0 atom stereocenters. The summed E-state index contributed by atoms with van der Waals surface area (Å²) >= 11 is 1.24. The summed E-state index contributed by atoms with van der Waals surface area (Å²) in [6.07, 6.45) is 0.648. The number of rotatable bonds is 10. The van der Waals surface area contributed by atoms with Gasteiger partial charge in [-0.2, -0.15) is 0 Å². The largest absolute Gasteiger partial charge is 0.337 e. The van der Waals surface area contributed by atoms with E-state index < -0.39 is 0 Å². The smallest absolute Gasteiger partial charge is 0.262 e. The zero-order valence-electron chi connectivity index (χ0n) is 22.2. The number of carbonyl (C=O) groups excluding carboxylic acids is 2. The van der Waals surface area contributed by atoms with Crippen molar-refractivity contribution in [3.8, 4) is 0 Å². The molecule has 0 fully saturated rings. The molecule has 0 radical (unpaired) electrons. The lowest BCUT2D eigenvalue weighted by Gasteiger charge is -2.18. The van der Waals surface area contributed by atoms with Gasteiger partial charge in [-0.25, -0.2) is 4.98 Å². The molecule has 0 aliphatic heterocycles. The molecule has 200 valence electrons. The monoisotopic (exact) mass is 547 g/mol. The quantitative estimate of drug-likeness (QED) is 0.124. The summed E-state index contributed by atoms with van der Waals surface area (Å²) in [4.78, 5) is 46.2. The van der Waals surface area contributed by atoms with E-state index in [9.17, 15) is 14.4 Å². The standard InChI is InChI=1S/C33H29N3O3S/c1-35(22-25-13-7-3-8-14-25)31(38)27-17-18-28-29(21-27)34-33(40-23-30(37)26-15-9-4-10-16-26)36(32(28)39)20-19-24-11-5-2-6-12-24/h2-18,21H,19-20,22-23H2,1H3. The lowest BCUT2D eigenvalue weighted by Crippen LogP contribution is -2.27. The third-order valence-electron chi connectivity index (χ3n) is 6.67. The van der Waals surface area contributed by atoms with Crippen LogP contribution in [-0.2, 0) is 19.5 Å². The van der Waals surface area contributed by atoms with E-state index in [1.807, 2.05) is 78.9 Å². The first-order valence-corrected chi connectivity index (χ1v) is 14.1. The van der Waals surface area contributed by atoms with Crippen LogP contribution in [0.25, 0.3) is 10.9 Å². The van der Waals surface area contributed by atoms with Crippen molar-refractivity contribution in [1.29, 1.82) is 0 Å². The van der Waals surface area contributed by atoms with Crippen molar-refractivity contribution in [1.82, 2.24) is 14.5 Å². The molecule has 0 saturated carbocycles. The Bertz CT molecular complexity index is 1690. The molecule has 0 bridgehead atoms. The van der Waals surface area contributed by atoms with Crippen LogP contribution in [0, 0.1) is 0 Å². The molecule has 4 aromatic carbocycles. The maximum Gasteiger partial charge on any atom is 0.262 e. The second-order valence-corrected chi connectivity index (χ2v) is 10.5. The number of carbonyl (C=O) groups is 2. The van der Waals surface area contributed by atoms with Crippen molar-refractivity contribution in [2.75, 3.05) is 12.8 Å². The second-order valence-electron chi connectivity index (χ2n) is 9.54. The van der Waals surface area contributed by atoms with E-state index in [0.717, 1.165) is 11.1 Å². The fourth-order valence-corrected chi connectivity index (χ4v) is 5.43. The number of hydrogen-bond donors (Lipinski definition) is 0. The van der Waals surface area contributed by atoms with E-state index in [4.69, 9.17) is 4.98 Å². The molecule has 7 heteroatoms. The van der Waals surface area contributed by atoms with E-state index in [2.05, 4.69) is 0 Å². The maximum absolute atomic E-state index is 13.7. The predicted molar refractivity (Wildman–Crippen MR) is 160 cm³/mol. The van der Waals surface area contributed by atoms with Crippen LogP contribution < -0.4 is 5.56 Å². The van der Waals surface area contributed by atoms with Gasteiger partial charge in [-0.15, -0.1) is 0 Å². The summed E-state index contributed by atoms with van der Waals surface area (Å²) < 4.78 is 1.64. The Morgan fingerprint density at radius 3 is 2.10 bits per heavy atom. The Morgan fingerprint density at radius 1 is 0.800 bits per heavy atom. The van der Waals surface area contributed by atoms with Crippen molar-refractivity contribution in [3.63, 3.8) is 0 Å². The highest BCUT2D eigenvalue weighted by atomic mass is 32.2. The summed E-state index contributed by atoms with van der Waals surface area (Å²) in [6, 6.07) is 33.8. The molecule has 1 heterocycles. The zero-order chi connectivity index (χ0) is 27.9. The summed E-state index contributed by atoms with van der Waals surface area (Å²) in [7, 11) is 1.75. The number of amides is 1. The SMILES string of the molecule is CN(Cc1ccccc1)C(=O)c1ccc2c(=O)n(CCc3ccccc3)c(SCC(=O)c3ccccc3)nc2c1. The molecule has 6 nitrogen and oxygen atoms in total. The summed E-state index contributed by atoms with van der Waals surface area (Å²) in [6.45, 7) is 0.892. The maximum atomic E-state index is 13.7. The van der Waals surface area contributed by atoms with Gasteiger partial charge in [0, 0.05) is 31.3 Å². The number of benzene rings is 4. The van der Waals surface area contributed by atoms with Crippen molar-refractivity contribution in [2.45, 2.75) is 24.7 Å². The Balaban J connectivity index is 1.45. The van der Waals surface area contributed by atoms with Crippen LogP contribution in [0.4, 0.5) is 0 Å². The van der Waals surface area contributed by atoms with E-state index >= 15 is 0 Å². The number of aromatic nitrogens is 2. The van der Waals surface area contributed by atoms with Gasteiger partial charge in [0.05, 0.1) is 16.7 Å². The first-order valence-electron chi connectivity index (χ1n) is 13.1. The van der Waals surface area contributed by atoms with Gasteiger partial charge in [-0.05, 0) is 35.7 Å². The second kappa shape index (κ2) is 12.6. The van der Waals surface area contributed by atoms with Gasteiger partial charge in [0.25, 0.3) is 11.5 Å².